The highest BCUT2D eigenvalue weighted by Crippen LogP contribution is 2.51. The molecule has 2 aliphatic heterocycles. The van der Waals surface area contributed by atoms with Crippen LogP contribution in [0.15, 0.2) is 59.1 Å². The number of carbonyl (C=O) groups is 1. The number of nitrogens with zero attached hydrogens (tertiary/aromatic N) is 2. The lowest BCUT2D eigenvalue weighted by Crippen LogP contribution is -2.48. The molecule has 2 aliphatic rings. The van der Waals surface area contributed by atoms with Gasteiger partial charge >= 0.3 is 0 Å². The first-order valence-corrected chi connectivity index (χ1v) is 10.7. The highest BCUT2D eigenvalue weighted by molar-refractivity contribution is 8.03. The zero-order valence-corrected chi connectivity index (χ0v) is 17.6. The third-order valence-electron chi connectivity index (χ3n) is 5.43. The Bertz CT molecular complexity index is 1040. The van der Waals surface area contributed by atoms with E-state index in [2.05, 4.69) is 6.07 Å². The lowest BCUT2D eigenvalue weighted by atomic mass is 9.85. The first kappa shape index (κ1) is 20.3. The van der Waals surface area contributed by atoms with Gasteiger partial charge in [-0.1, -0.05) is 24.3 Å². The summed E-state index contributed by atoms with van der Waals surface area (Å²) < 4.78 is 10.8. The molecule has 154 valence electrons. The van der Waals surface area contributed by atoms with Gasteiger partial charge in [0.25, 0.3) is 0 Å². The molecule has 2 unspecified atom stereocenters. The molecule has 2 heterocycles. The van der Waals surface area contributed by atoms with Crippen molar-refractivity contribution < 1.29 is 19.4 Å². The molecule has 1 N–H and O–H groups in total. The summed E-state index contributed by atoms with van der Waals surface area (Å²) in [5.74, 6) is 1.07. The predicted octanol–water partition coefficient (Wildman–Crippen LogP) is 3.74. The average Bonchev–Trinajstić information content (AvgIpc) is 3.13. The monoisotopic (exact) mass is 422 g/mol. The quantitative estimate of drug-likeness (QED) is 0.790. The zero-order chi connectivity index (χ0) is 21.3. The third-order valence-corrected chi connectivity index (χ3v) is 6.66. The van der Waals surface area contributed by atoms with Crippen molar-refractivity contribution in [3.63, 3.8) is 0 Å². The van der Waals surface area contributed by atoms with Crippen molar-refractivity contribution in [1.29, 1.82) is 5.26 Å². The van der Waals surface area contributed by atoms with Crippen molar-refractivity contribution in [3.8, 4) is 17.6 Å². The molecule has 0 aliphatic carbocycles. The summed E-state index contributed by atoms with van der Waals surface area (Å²) in [4.78, 5) is 14.6. The van der Waals surface area contributed by atoms with Crippen molar-refractivity contribution in [2.75, 3.05) is 19.5 Å². The molecule has 0 spiro atoms. The average molecular weight is 423 g/mol. The number of aliphatic hydroxyl groups is 1. The molecule has 1 fully saturated rings. The maximum Gasteiger partial charge on any atom is 0.231 e. The van der Waals surface area contributed by atoms with Crippen LogP contribution in [0.2, 0.25) is 0 Å². The zero-order valence-electron chi connectivity index (χ0n) is 16.8. The molecule has 2 aromatic carbocycles. The Hall–Kier alpha value is -2.95. The molecule has 0 radical (unpaired) electrons. The van der Waals surface area contributed by atoms with Crippen LogP contribution in [0.25, 0.3) is 0 Å². The van der Waals surface area contributed by atoms with E-state index >= 15 is 0 Å². The summed E-state index contributed by atoms with van der Waals surface area (Å²) in [6, 6.07) is 16.8. The standard InChI is InChI=1S/C23H22N2O4S/c1-3-29-17-9-7-16(8-10-17)23(27)14-30-22-20(13-24)19(12-21(26)25(22)23)15-5-4-6-18(11-15)28-2/h4-11,19,27H,3,12,14H2,1-2H3. The Kier molecular flexibility index (Phi) is 5.46. The Morgan fingerprint density at radius 3 is 2.70 bits per heavy atom. The molecular formula is C23H22N2O4S. The minimum atomic E-state index is -1.50. The second-order valence-electron chi connectivity index (χ2n) is 7.16. The number of amides is 1. The lowest BCUT2D eigenvalue weighted by molar-refractivity contribution is -0.149. The molecule has 4 rings (SSSR count). The van der Waals surface area contributed by atoms with Crippen LogP contribution in [-0.4, -0.2) is 35.4 Å². The van der Waals surface area contributed by atoms with E-state index in [1.54, 1.807) is 31.4 Å². The fourth-order valence-electron chi connectivity index (χ4n) is 3.97. The topological polar surface area (TPSA) is 82.8 Å². The van der Waals surface area contributed by atoms with Crippen LogP contribution in [-0.2, 0) is 10.5 Å². The third kappa shape index (κ3) is 3.32. The van der Waals surface area contributed by atoms with Crippen molar-refractivity contribution in [2.45, 2.75) is 25.0 Å². The second-order valence-corrected chi connectivity index (χ2v) is 8.12. The van der Waals surface area contributed by atoms with Crippen molar-refractivity contribution in [3.05, 3.63) is 70.3 Å². The minimum Gasteiger partial charge on any atom is -0.497 e. The minimum absolute atomic E-state index is 0.111. The van der Waals surface area contributed by atoms with Gasteiger partial charge in [-0.2, -0.15) is 5.26 Å². The van der Waals surface area contributed by atoms with E-state index in [0.717, 1.165) is 5.56 Å². The van der Waals surface area contributed by atoms with Crippen LogP contribution in [0, 0.1) is 11.3 Å². The van der Waals surface area contributed by atoms with Gasteiger partial charge in [0, 0.05) is 17.9 Å². The van der Waals surface area contributed by atoms with E-state index < -0.39 is 5.72 Å². The number of nitriles is 1. The van der Waals surface area contributed by atoms with Crippen LogP contribution in [0.3, 0.4) is 0 Å². The summed E-state index contributed by atoms with van der Waals surface area (Å²) in [5, 5.41) is 21.9. The summed E-state index contributed by atoms with van der Waals surface area (Å²) in [6.45, 7) is 2.45. The van der Waals surface area contributed by atoms with Crippen LogP contribution < -0.4 is 9.47 Å². The van der Waals surface area contributed by atoms with Gasteiger partial charge in [0.15, 0.2) is 5.72 Å². The molecule has 2 atom stereocenters. The van der Waals surface area contributed by atoms with Gasteiger partial charge in [-0.25, -0.2) is 0 Å². The van der Waals surface area contributed by atoms with Gasteiger partial charge in [-0.05, 0) is 36.8 Å². The maximum atomic E-state index is 13.2. The number of hydrogen-bond donors (Lipinski definition) is 1. The predicted molar refractivity (Wildman–Crippen MR) is 114 cm³/mol. The molecule has 0 bridgehead atoms. The number of carbonyl (C=O) groups excluding carboxylic acids is 1. The Morgan fingerprint density at radius 1 is 1.27 bits per heavy atom. The van der Waals surface area contributed by atoms with Gasteiger partial charge in [-0.3, -0.25) is 9.69 Å². The Balaban J connectivity index is 1.74. The number of benzene rings is 2. The van der Waals surface area contributed by atoms with E-state index in [9.17, 15) is 15.2 Å². The number of thioether (sulfide) groups is 1. The van der Waals surface area contributed by atoms with Gasteiger partial charge < -0.3 is 14.6 Å². The van der Waals surface area contributed by atoms with E-state index in [4.69, 9.17) is 9.47 Å². The van der Waals surface area contributed by atoms with Gasteiger partial charge in [0.05, 0.1) is 36.1 Å². The number of ether oxygens (including phenoxy) is 2. The van der Waals surface area contributed by atoms with Crippen LogP contribution in [0.1, 0.15) is 30.4 Å². The number of fused-ring (bicyclic) bond motifs is 1. The smallest absolute Gasteiger partial charge is 0.231 e. The number of methoxy groups -OCH3 is 1. The van der Waals surface area contributed by atoms with Gasteiger partial charge in [-0.15, -0.1) is 11.8 Å². The number of hydrogen-bond acceptors (Lipinski definition) is 6. The summed E-state index contributed by atoms with van der Waals surface area (Å²) in [5.41, 5.74) is 0.445. The molecule has 6 nitrogen and oxygen atoms in total. The van der Waals surface area contributed by atoms with E-state index in [1.807, 2.05) is 31.2 Å². The fraction of sp³-hybridized carbons (Fsp3) is 0.304. The molecule has 1 amide bonds. The fourth-order valence-corrected chi connectivity index (χ4v) is 5.33. The van der Waals surface area contributed by atoms with E-state index in [1.165, 1.54) is 16.7 Å². The van der Waals surface area contributed by atoms with Gasteiger partial charge in [0.2, 0.25) is 5.91 Å². The second kappa shape index (κ2) is 8.05. The SMILES string of the molecule is CCOc1ccc(C2(O)CSC3=C(C#N)C(c4cccc(OC)c4)CC(=O)N32)cc1. The van der Waals surface area contributed by atoms with Crippen molar-refractivity contribution >= 4 is 17.7 Å². The van der Waals surface area contributed by atoms with Crippen molar-refractivity contribution in [1.82, 2.24) is 4.90 Å². The maximum absolute atomic E-state index is 13.2. The largest absolute Gasteiger partial charge is 0.497 e. The molecule has 7 heteroatoms. The van der Waals surface area contributed by atoms with Crippen LogP contribution >= 0.6 is 11.8 Å². The molecular weight excluding hydrogens is 400 g/mol. The molecule has 0 aromatic heterocycles. The molecule has 1 saturated heterocycles. The normalized spacial score (nSPS) is 23.2. The number of rotatable bonds is 5. The van der Waals surface area contributed by atoms with E-state index in [-0.39, 0.29) is 24.0 Å². The van der Waals surface area contributed by atoms with E-state index in [0.29, 0.717) is 34.3 Å². The summed E-state index contributed by atoms with van der Waals surface area (Å²) in [7, 11) is 1.58. The van der Waals surface area contributed by atoms with Crippen LogP contribution in [0.4, 0.5) is 0 Å². The summed E-state index contributed by atoms with van der Waals surface area (Å²) in [6.07, 6.45) is 0.111. The highest BCUT2D eigenvalue weighted by atomic mass is 32.2. The Morgan fingerprint density at radius 2 is 2.03 bits per heavy atom. The van der Waals surface area contributed by atoms with Crippen LogP contribution in [0.5, 0.6) is 11.5 Å². The lowest BCUT2D eigenvalue weighted by Gasteiger charge is -2.38. The molecule has 0 saturated carbocycles. The first-order valence-electron chi connectivity index (χ1n) is 9.71. The highest BCUT2D eigenvalue weighted by Gasteiger charge is 2.51. The van der Waals surface area contributed by atoms with Gasteiger partial charge in [0.1, 0.15) is 11.5 Å². The molecule has 2 aromatic rings. The first-order chi connectivity index (χ1) is 14.5. The molecule has 30 heavy (non-hydrogen) atoms. The van der Waals surface area contributed by atoms with Crippen molar-refractivity contribution in [2.24, 2.45) is 0 Å². The number of allylic oxidation sites excluding steroid dienone is 1. The summed E-state index contributed by atoms with van der Waals surface area (Å²) >= 11 is 1.34. The Labute approximate surface area is 179 Å².